The first-order valence-electron chi connectivity index (χ1n) is 4.39. The summed E-state index contributed by atoms with van der Waals surface area (Å²) in [7, 11) is 0. The van der Waals surface area contributed by atoms with E-state index in [4.69, 9.17) is 4.74 Å². The second kappa shape index (κ2) is 3.29. The molecule has 0 aliphatic carbocycles. The van der Waals surface area contributed by atoms with Crippen LogP contribution in [0, 0.1) is 5.82 Å². The molecule has 1 heterocycles. The molecule has 0 radical (unpaired) electrons. The highest BCUT2D eigenvalue weighted by molar-refractivity contribution is 5.93. The monoisotopic (exact) mass is 195 g/mol. The van der Waals surface area contributed by atoms with Gasteiger partial charge in [0.15, 0.2) is 0 Å². The molecule has 0 spiro atoms. The fraction of sp³-hybridized carbons (Fsp3) is 0.300. The van der Waals surface area contributed by atoms with Gasteiger partial charge in [-0.1, -0.05) is 0 Å². The van der Waals surface area contributed by atoms with Crippen LogP contribution in [0.1, 0.15) is 6.92 Å². The van der Waals surface area contributed by atoms with Gasteiger partial charge in [-0.05, 0) is 12.1 Å². The predicted octanol–water partition coefficient (Wildman–Crippen LogP) is 1.57. The van der Waals surface area contributed by atoms with Gasteiger partial charge in [0.2, 0.25) is 5.91 Å². The number of benzene rings is 1. The minimum absolute atomic E-state index is 0.0545. The SMILES string of the molecule is CC(=O)N1CCOc2cc(F)ccc21. The third-order valence-electron chi connectivity index (χ3n) is 2.17. The maximum absolute atomic E-state index is 12.8. The largest absolute Gasteiger partial charge is 0.489 e. The minimum Gasteiger partial charge on any atom is -0.489 e. The quantitative estimate of drug-likeness (QED) is 0.628. The van der Waals surface area contributed by atoms with Gasteiger partial charge < -0.3 is 9.64 Å². The summed E-state index contributed by atoms with van der Waals surface area (Å²) >= 11 is 0. The van der Waals surface area contributed by atoms with Crippen molar-refractivity contribution in [2.75, 3.05) is 18.1 Å². The van der Waals surface area contributed by atoms with E-state index in [1.165, 1.54) is 19.1 Å². The molecule has 14 heavy (non-hydrogen) atoms. The van der Waals surface area contributed by atoms with Crippen molar-refractivity contribution in [3.63, 3.8) is 0 Å². The summed E-state index contributed by atoms with van der Waals surface area (Å²) in [5.74, 6) is 0.0294. The van der Waals surface area contributed by atoms with Gasteiger partial charge in [0.1, 0.15) is 18.2 Å². The van der Waals surface area contributed by atoms with Crippen LogP contribution in [0.5, 0.6) is 5.75 Å². The Hall–Kier alpha value is -1.58. The maximum atomic E-state index is 12.8. The van der Waals surface area contributed by atoms with E-state index in [1.54, 1.807) is 11.0 Å². The third-order valence-corrected chi connectivity index (χ3v) is 2.17. The van der Waals surface area contributed by atoms with Crippen molar-refractivity contribution in [1.82, 2.24) is 0 Å². The van der Waals surface area contributed by atoms with E-state index in [1.807, 2.05) is 0 Å². The van der Waals surface area contributed by atoms with Crippen molar-refractivity contribution in [3.8, 4) is 5.75 Å². The van der Waals surface area contributed by atoms with Crippen molar-refractivity contribution >= 4 is 11.6 Å². The smallest absolute Gasteiger partial charge is 0.224 e. The van der Waals surface area contributed by atoms with Crippen LogP contribution in [0.15, 0.2) is 18.2 Å². The molecule has 2 rings (SSSR count). The van der Waals surface area contributed by atoms with Crippen molar-refractivity contribution in [3.05, 3.63) is 24.0 Å². The summed E-state index contributed by atoms with van der Waals surface area (Å²) in [5.41, 5.74) is 0.644. The van der Waals surface area contributed by atoms with Gasteiger partial charge in [-0.3, -0.25) is 4.79 Å². The van der Waals surface area contributed by atoms with E-state index in [-0.39, 0.29) is 11.7 Å². The molecular weight excluding hydrogens is 185 g/mol. The number of hydrogen-bond acceptors (Lipinski definition) is 2. The summed E-state index contributed by atoms with van der Waals surface area (Å²) in [6.07, 6.45) is 0. The molecule has 1 amide bonds. The zero-order valence-corrected chi connectivity index (χ0v) is 7.79. The molecule has 4 heteroatoms. The van der Waals surface area contributed by atoms with E-state index in [9.17, 15) is 9.18 Å². The van der Waals surface area contributed by atoms with E-state index in [0.717, 1.165) is 0 Å². The number of halogens is 1. The molecule has 0 bridgehead atoms. The Morgan fingerprint density at radius 1 is 1.57 bits per heavy atom. The molecule has 1 aliphatic rings. The fourth-order valence-electron chi connectivity index (χ4n) is 1.52. The van der Waals surface area contributed by atoms with Crippen LogP contribution in [0.3, 0.4) is 0 Å². The number of amides is 1. The van der Waals surface area contributed by atoms with Crippen LogP contribution in [-0.4, -0.2) is 19.1 Å². The van der Waals surface area contributed by atoms with Crippen LogP contribution in [0.4, 0.5) is 10.1 Å². The van der Waals surface area contributed by atoms with E-state index in [2.05, 4.69) is 0 Å². The average Bonchev–Trinajstić information content (AvgIpc) is 2.16. The van der Waals surface area contributed by atoms with Gasteiger partial charge in [-0.25, -0.2) is 4.39 Å². The third kappa shape index (κ3) is 1.43. The lowest BCUT2D eigenvalue weighted by Crippen LogP contribution is -2.36. The minimum atomic E-state index is -0.353. The molecule has 0 N–H and O–H groups in total. The molecule has 1 aliphatic heterocycles. The molecule has 0 aromatic heterocycles. The molecule has 1 aromatic rings. The lowest BCUT2D eigenvalue weighted by molar-refractivity contribution is -0.116. The summed E-state index contributed by atoms with van der Waals surface area (Å²) in [5, 5.41) is 0. The lowest BCUT2D eigenvalue weighted by atomic mass is 10.2. The molecule has 0 atom stereocenters. The first kappa shape index (κ1) is 8.99. The molecular formula is C10H10FNO2. The van der Waals surface area contributed by atoms with Crippen LogP contribution >= 0.6 is 0 Å². The first-order chi connectivity index (χ1) is 6.68. The van der Waals surface area contributed by atoms with Crippen LogP contribution in [0.2, 0.25) is 0 Å². The number of anilines is 1. The van der Waals surface area contributed by atoms with Gasteiger partial charge in [-0.15, -0.1) is 0 Å². The highest BCUT2D eigenvalue weighted by atomic mass is 19.1. The van der Waals surface area contributed by atoms with Crippen molar-refractivity contribution < 1.29 is 13.9 Å². The normalized spacial score (nSPS) is 14.6. The molecule has 0 saturated carbocycles. The zero-order valence-electron chi connectivity index (χ0n) is 7.79. The Balaban J connectivity index is 2.44. The second-order valence-electron chi connectivity index (χ2n) is 3.13. The van der Waals surface area contributed by atoms with Gasteiger partial charge >= 0.3 is 0 Å². The number of hydrogen-bond donors (Lipinski definition) is 0. The number of fused-ring (bicyclic) bond motifs is 1. The summed E-state index contributed by atoms with van der Waals surface area (Å²) in [6, 6.07) is 4.18. The van der Waals surface area contributed by atoms with Crippen molar-refractivity contribution in [2.45, 2.75) is 6.92 Å². The number of rotatable bonds is 0. The molecule has 0 fully saturated rings. The highest BCUT2D eigenvalue weighted by Crippen LogP contribution is 2.31. The topological polar surface area (TPSA) is 29.5 Å². The highest BCUT2D eigenvalue weighted by Gasteiger charge is 2.21. The lowest BCUT2D eigenvalue weighted by Gasteiger charge is -2.28. The second-order valence-corrected chi connectivity index (χ2v) is 3.13. The zero-order chi connectivity index (χ0) is 10.1. The van der Waals surface area contributed by atoms with E-state index < -0.39 is 0 Å². The van der Waals surface area contributed by atoms with Crippen LogP contribution < -0.4 is 9.64 Å². The van der Waals surface area contributed by atoms with Gasteiger partial charge in [-0.2, -0.15) is 0 Å². The Kier molecular flexibility index (Phi) is 2.11. The standard InChI is InChI=1S/C10H10FNO2/c1-7(13)12-4-5-14-10-6-8(11)2-3-9(10)12/h2-3,6H,4-5H2,1H3. The van der Waals surface area contributed by atoms with Crippen molar-refractivity contribution in [2.24, 2.45) is 0 Å². The van der Waals surface area contributed by atoms with E-state index >= 15 is 0 Å². The summed E-state index contributed by atoms with van der Waals surface area (Å²) in [6.45, 7) is 2.42. The van der Waals surface area contributed by atoms with Gasteiger partial charge in [0, 0.05) is 13.0 Å². The first-order valence-corrected chi connectivity index (χ1v) is 4.39. The Morgan fingerprint density at radius 3 is 3.07 bits per heavy atom. The Morgan fingerprint density at radius 2 is 2.36 bits per heavy atom. The molecule has 0 unspecified atom stereocenters. The predicted molar refractivity (Wildman–Crippen MR) is 49.9 cm³/mol. The molecule has 0 saturated heterocycles. The average molecular weight is 195 g/mol. The Bertz CT molecular complexity index is 378. The van der Waals surface area contributed by atoms with E-state index in [0.29, 0.717) is 24.6 Å². The van der Waals surface area contributed by atoms with Crippen LogP contribution in [-0.2, 0) is 4.79 Å². The molecule has 1 aromatic carbocycles. The molecule has 3 nitrogen and oxygen atoms in total. The summed E-state index contributed by atoms with van der Waals surface area (Å²) in [4.78, 5) is 12.8. The van der Waals surface area contributed by atoms with Crippen LogP contribution in [0.25, 0.3) is 0 Å². The molecule has 74 valence electrons. The van der Waals surface area contributed by atoms with Crippen molar-refractivity contribution in [1.29, 1.82) is 0 Å². The number of ether oxygens (including phenoxy) is 1. The summed E-state index contributed by atoms with van der Waals surface area (Å²) < 4.78 is 18.1. The Labute approximate surface area is 81.1 Å². The fourth-order valence-corrected chi connectivity index (χ4v) is 1.52. The number of nitrogens with zero attached hydrogens (tertiary/aromatic N) is 1. The number of carbonyl (C=O) groups excluding carboxylic acids is 1. The van der Waals surface area contributed by atoms with Gasteiger partial charge in [0.05, 0.1) is 12.2 Å². The van der Waals surface area contributed by atoms with Gasteiger partial charge in [0.25, 0.3) is 0 Å². The number of carbonyl (C=O) groups is 1. The maximum Gasteiger partial charge on any atom is 0.224 e.